The Hall–Kier alpha value is -1.55. The molecule has 0 saturated carbocycles. The van der Waals surface area contributed by atoms with E-state index in [2.05, 4.69) is 0 Å². The molecule has 1 unspecified atom stereocenters. The van der Waals surface area contributed by atoms with Gasteiger partial charge in [-0.1, -0.05) is 6.07 Å². The highest BCUT2D eigenvalue weighted by Gasteiger charge is 2.17. The maximum Gasteiger partial charge on any atom is 0.344 e. The van der Waals surface area contributed by atoms with Crippen molar-refractivity contribution in [3.05, 3.63) is 29.3 Å². The van der Waals surface area contributed by atoms with Gasteiger partial charge in [0.2, 0.25) is 0 Å². The summed E-state index contributed by atoms with van der Waals surface area (Å²) < 4.78 is 16.0. The molecule has 0 aromatic heterocycles. The van der Waals surface area contributed by atoms with E-state index in [-0.39, 0.29) is 18.7 Å². The quantitative estimate of drug-likeness (QED) is 0.775. The van der Waals surface area contributed by atoms with Gasteiger partial charge in [0.15, 0.2) is 6.61 Å². The van der Waals surface area contributed by atoms with Crippen LogP contribution in [0.2, 0.25) is 0 Å². The van der Waals surface area contributed by atoms with Crippen LogP contribution in [0.4, 0.5) is 0 Å². The first-order valence-corrected chi connectivity index (χ1v) is 6.71. The van der Waals surface area contributed by atoms with Crippen molar-refractivity contribution in [1.82, 2.24) is 0 Å². The first kappa shape index (κ1) is 16.5. The molecule has 4 nitrogen and oxygen atoms in total. The summed E-state index contributed by atoms with van der Waals surface area (Å²) in [6, 6.07) is 5.69. The van der Waals surface area contributed by atoms with Gasteiger partial charge < -0.3 is 14.2 Å². The van der Waals surface area contributed by atoms with Crippen LogP contribution in [-0.4, -0.2) is 25.3 Å². The van der Waals surface area contributed by atoms with Gasteiger partial charge in [0.1, 0.15) is 11.4 Å². The molecule has 0 N–H and O–H groups in total. The van der Waals surface area contributed by atoms with Crippen LogP contribution in [0.5, 0.6) is 5.75 Å². The highest BCUT2D eigenvalue weighted by atomic mass is 16.6. The van der Waals surface area contributed by atoms with E-state index in [0.29, 0.717) is 5.75 Å². The molecule has 0 spiro atoms. The number of hydrogen-bond donors (Lipinski definition) is 0. The van der Waals surface area contributed by atoms with E-state index in [9.17, 15) is 4.79 Å². The van der Waals surface area contributed by atoms with Crippen LogP contribution in [0, 0.1) is 6.92 Å². The summed E-state index contributed by atoms with van der Waals surface area (Å²) >= 11 is 0. The monoisotopic (exact) mass is 280 g/mol. The molecule has 112 valence electrons. The number of methoxy groups -OCH3 is 1. The normalized spacial score (nSPS) is 12.9. The molecule has 20 heavy (non-hydrogen) atoms. The van der Waals surface area contributed by atoms with Crippen molar-refractivity contribution in [3.8, 4) is 5.75 Å². The Labute approximate surface area is 121 Å². The maximum absolute atomic E-state index is 11.6. The summed E-state index contributed by atoms with van der Waals surface area (Å²) in [5, 5.41) is 0. The predicted molar refractivity (Wildman–Crippen MR) is 77.9 cm³/mol. The van der Waals surface area contributed by atoms with Gasteiger partial charge in [-0.05, 0) is 57.9 Å². The zero-order valence-electron chi connectivity index (χ0n) is 13.1. The number of benzene rings is 1. The molecule has 1 rings (SSSR count). The van der Waals surface area contributed by atoms with Crippen LogP contribution in [0.3, 0.4) is 0 Å². The SMILES string of the molecule is COC(C)c1cc(OCC(=O)OC(C)(C)C)ccc1C. The van der Waals surface area contributed by atoms with Gasteiger partial charge in [-0.15, -0.1) is 0 Å². The fourth-order valence-electron chi connectivity index (χ4n) is 1.79. The summed E-state index contributed by atoms with van der Waals surface area (Å²) in [5.41, 5.74) is 1.68. The Kier molecular flexibility index (Phi) is 5.57. The average molecular weight is 280 g/mol. The van der Waals surface area contributed by atoms with Crippen molar-refractivity contribution in [3.63, 3.8) is 0 Å². The van der Waals surface area contributed by atoms with Crippen molar-refractivity contribution in [2.45, 2.75) is 46.3 Å². The van der Waals surface area contributed by atoms with Gasteiger partial charge >= 0.3 is 5.97 Å². The number of esters is 1. The molecule has 1 atom stereocenters. The van der Waals surface area contributed by atoms with Crippen LogP contribution in [0.25, 0.3) is 0 Å². The molecule has 0 heterocycles. The lowest BCUT2D eigenvalue weighted by molar-refractivity contribution is -0.157. The minimum absolute atomic E-state index is 0.0138. The van der Waals surface area contributed by atoms with E-state index in [4.69, 9.17) is 14.2 Å². The molecule has 0 aliphatic carbocycles. The van der Waals surface area contributed by atoms with Gasteiger partial charge in [0.05, 0.1) is 6.10 Å². The Balaban J connectivity index is 2.67. The summed E-state index contributed by atoms with van der Waals surface area (Å²) in [7, 11) is 1.67. The first-order valence-electron chi connectivity index (χ1n) is 6.71. The van der Waals surface area contributed by atoms with Gasteiger partial charge in [-0.2, -0.15) is 0 Å². The summed E-state index contributed by atoms with van der Waals surface area (Å²) in [6.07, 6.45) is -0.0138. The Morgan fingerprint density at radius 1 is 1.30 bits per heavy atom. The lowest BCUT2D eigenvalue weighted by Gasteiger charge is -2.20. The molecule has 0 aliphatic rings. The van der Waals surface area contributed by atoms with Crippen molar-refractivity contribution >= 4 is 5.97 Å². The minimum Gasteiger partial charge on any atom is -0.482 e. The average Bonchev–Trinajstić information content (AvgIpc) is 2.35. The standard InChI is InChI=1S/C16H24O4/c1-11-7-8-13(9-14(11)12(2)18-6)19-10-15(17)20-16(3,4)5/h7-9,12H,10H2,1-6H3. The van der Waals surface area contributed by atoms with E-state index in [0.717, 1.165) is 11.1 Å². The number of carbonyl (C=O) groups excluding carboxylic acids is 1. The lowest BCUT2D eigenvalue weighted by Crippen LogP contribution is -2.27. The molecule has 0 amide bonds. The number of rotatable bonds is 5. The van der Waals surface area contributed by atoms with E-state index in [1.807, 2.05) is 52.8 Å². The Morgan fingerprint density at radius 2 is 1.95 bits per heavy atom. The van der Waals surface area contributed by atoms with Gasteiger partial charge in [-0.25, -0.2) is 4.79 Å². The molecule has 0 fully saturated rings. The highest BCUT2D eigenvalue weighted by Crippen LogP contribution is 2.25. The summed E-state index contributed by atoms with van der Waals surface area (Å²) in [4.78, 5) is 11.6. The highest BCUT2D eigenvalue weighted by molar-refractivity contribution is 5.71. The van der Waals surface area contributed by atoms with Crippen LogP contribution < -0.4 is 4.74 Å². The molecular weight excluding hydrogens is 256 g/mol. The van der Waals surface area contributed by atoms with Crippen LogP contribution >= 0.6 is 0 Å². The fourth-order valence-corrected chi connectivity index (χ4v) is 1.79. The summed E-state index contributed by atoms with van der Waals surface area (Å²) in [5.74, 6) is 0.264. The van der Waals surface area contributed by atoms with Gasteiger partial charge in [0, 0.05) is 7.11 Å². The third-order valence-corrected chi connectivity index (χ3v) is 2.82. The van der Waals surface area contributed by atoms with Crippen molar-refractivity contribution in [2.75, 3.05) is 13.7 Å². The molecule has 0 saturated heterocycles. The largest absolute Gasteiger partial charge is 0.482 e. The van der Waals surface area contributed by atoms with Crippen LogP contribution in [-0.2, 0) is 14.3 Å². The maximum atomic E-state index is 11.6. The molecular formula is C16H24O4. The minimum atomic E-state index is -0.497. The van der Waals surface area contributed by atoms with Gasteiger partial charge in [0.25, 0.3) is 0 Å². The predicted octanol–water partition coefficient (Wildman–Crippen LogP) is 3.42. The number of aryl methyl sites for hydroxylation is 1. The number of hydrogen-bond acceptors (Lipinski definition) is 4. The van der Waals surface area contributed by atoms with Crippen molar-refractivity contribution in [2.24, 2.45) is 0 Å². The fraction of sp³-hybridized carbons (Fsp3) is 0.562. The Bertz CT molecular complexity index is 460. The van der Waals surface area contributed by atoms with Crippen molar-refractivity contribution < 1.29 is 19.0 Å². The smallest absolute Gasteiger partial charge is 0.344 e. The van der Waals surface area contributed by atoms with E-state index < -0.39 is 5.60 Å². The summed E-state index contributed by atoms with van der Waals surface area (Å²) in [6.45, 7) is 9.38. The lowest BCUT2D eigenvalue weighted by atomic mass is 10.0. The van der Waals surface area contributed by atoms with Gasteiger partial charge in [-0.3, -0.25) is 0 Å². The molecule has 1 aromatic rings. The second-order valence-electron chi connectivity index (χ2n) is 5.77. The molecule has 0 aliphatic heterocycles. The van der Waals surface area contributed by atoms with E-state index in [1.54, 1.807) is 7.11 Å². The number of ether oxygens (including phenoxy) is 3. The second-order valence-corrected chi connectivity index (χ2v) is 5.77. The number of carbonyl (C=O) groups is 1. The molecule has 0 bridgehead atoms. The molecule has 1 aromatic carbocycles. The van der Waals surface area contributed by atoms with Crippen LogP contribution in [0.1, 0.15) is 44.9 Å². The molecule has 4 heteroatoms. The van der Waals surface area contributed by atoms with Crippen LogP contribution in [0.15, 0.2) is 18.2 Å². The zero-order chi connectivity index (χ0) is 15.3. The topological polar surface area (TPSA) is 44.8 Å². The first-order chi connectivity index (χ1) is 9.23. The Morgan fingerprint density at radius 3 is 2.50 bits per heavy atom. The van der Waals surface area contributed by atoms with E-state index >= 15 is 0 Å². The second kappa shape index (κ2) is 6.75. The van der Waals surface area contributed by atoms with E-state index in [1.165, 1.54) is 0 Å². The zero-order valence-corrected chi connectivity index (χ0v) is 13.1. The third kappa shape index (κ3) is 5.21. The van der Waals surface area contributed by atoms with Crippen molar-refractivity contribution in [1.29, 1.82) is 0 Å². The molecule has 0 radical (unpaired) electrons. The third-order valence-electron chi connectivity index (χ3n) is 2.82.